The lowest BCUT2D eigenvalue weighted by Crippen LogP contribution is -2.46. The molecule has 0 aliphatic carbocycles. The summed E-state index contributed by atoms with van der Waals surface area (Å²) < 4.78 is 5.70. The largest absolute Gasteiger partial charge is 0.492 e. The van der Waals surface area contributed by atoms with Crippen LogP contribution in [0.4, 0.5) is 5.69 Å². The van der Waals surface area contributed by atoms with E-state index in [9.17, 15) is 9.59 Å². The van der Waals surface area contributed by atoms with Crippen molar-refractivity contribution in [3.8, 4) is 5.75 Å². The lowest BCUT2D eigenvalue weighted by molar-refractivity contribution is 0.0995. The van der Waals surface area contributed by atoms with E-state index in [0.29, 0.717) is 18.7 Å². The first kappa shape index (κ1) is 20.5. The molecule has 2 aliphatic heterocycles. The summed E-state index contributed by atoms with van der Waals surface area (Å²) in [7, 11) is 0. The molecule has 166 valence electrons. The van der Waals surface area contributed by atoms with Crippen molar-refractivity contribution < 1.29 is 9.53 Å². The Morgan fingerprint density at radius 1 is 1.19 bits per heavy atom. The minimum absolute atomic E-state index is 0.0528. The van der Waals surface area contributed by atoms with E-state index in [4.69, 9.17) is 10.5 Å². The van der Waals surface area contributed by atoms with Crippen molar-refractivity contribution in [2.24, 2.45) is 5.73 Å². The number of amides is 1. The van der Waals surface area contributed by atoms with Crippen LogP contribution >= 0.6 is 0 Å². The van der Waals surface area contributed by atoms with Crippen molar-refractivity contribution in [1.82, 2.24) is 14.9 Å². The van der Waals surface area contributed by atoms with E-state index in [1.54, 1.807) is 0 Å². The number of hydrogen-bond acceptors (Lipinski definition) is 6. The summed E-state index contributed by atoms with van der Waals surface area (Å²) in [6.07, 6.45) is 0.667. The molecule has 32 heavy (non-hydrogen) atoms. The molecule has 0 atom stereocenters. The summed E-state index contributed by atoms with van der Waals surface area (Å²) in [5.74, 6) is 0.238. The molecule has 3 aromatic rings. The van der Waals surface area contributed by atoms with Crippen LogP contribution in [0.3, 0.4) is 0 Å². The summed E-state index contributed by atoms with van der Waals surface area (Å²) in [6.45, 7) is 8.53. The number of hydrogen-bond donors (Lipinski definition) is 2. The Labute approximate surface area is 186 Å². The van der Waals surface area contributed by atoms with E-state index in [2.05, 4.69) is 25.8 Å². The number of carbonyl (C=O) groups excluding carboxylic acids is 1. The third-order valence-electron chi connectivity index (χ3n) is 6.52. The highest BCUT2D eigenvalue weighted by molar-refractivity contribution is 5.97. The predicted molar refractivity (Wildman–Crippen MR) is 123 cm³/mol. The van der Waals surface area contributed by atoms with Crippen molar-refractivity contribution in [1.29, 1.82) is 0 Å². The topological polar surface area (TPSA) is 105 Å². The van der Waals surface area contributed by atoms with Gasteiger partial charge in [0.1, 0.15) is 5.75 Å². The Balaban J connectivity index is 1.31. The molecule has 0 unspecified atom stereocenters. The monoisotopic (exact) mass is 433 g/mol. The molecule has 1 amide bonds. The van der Waals surface area contributed by atoms with Crippen molar-refractivity contribution >= 4 is 22.5 Å². The number of nitrogens with one attached hydrogen (secondary N) is 1. The van der Waals surface area contributed by atoms with Gasteiger partial charge in [0, 0.05) is 50.2 Å². The van der Waals surface area contributed by atoms with Crippen LogP contribution in [-0.2, 0) is 13.0 Å². The zero-order chi connectivity index (χ0) is 22.4. The molecule has 8 nitrogen and oxygen atoms in total. The second-order valence-electron chi connectivity index (χ2n) is 8.63. The first-order valence-electron chi connectivity index (χ1n) is 11.0. The molecule has 0 spiro atoms. The minimum atomic E-state index is -0.494. The maximum Gasteiger partial charge on any atom is 0.269 e. The van der Waals surface area contributed by atoms with Gasteiger partial charge in [-0.25, -0.2) is 4.98 Å². The Bertz CT molecular complexity index is 1270. The highest BCUT2D eigenvalue weighted by Crippen LogP contribution is 2.31. The van der Waals surface area contributed by atoms with E-state index in [-0.39, 0.29) is 5.56 Å². The number of aromatic nitrogens is 2. The summed E-state index contributed by atoms with van der Waals surface area (Å²) >= 11 is 0. The van der Waals surface area contributed by atoms with Gasteiger partial charge in [0.15, 0.2) is 5.69 Å². The summed E-state index contributed by atoms with van der Waals surface area (Å²) in [4.78, 5) is 36.2. The van der Waals surface area contributed by atoms with Crippen molar-refractivity contribution in [2.75, 3.05) is 37.7 Å². The van der Waals surface area contributed by atoms with E-state index in [1.807, 2.05) is 32.0 Å². The Morgan fingerprint density at radius 3 is 2.72 bits per heavy atom. The number of primary amides is 1. The number of rotatable bonds is 4. The molecule has 0 saturated carbocycles. The molecule has 0 radical (unpaired) electrons. The van der Waals surface area contributed by atoms with Gasteiger partial charge in [0.25, 0.3) is 11.5 Å². The van der Waals surface area contributed by atoms with Crippen LogP contribution in [0.25, 0.3) is 10.9 Å². The van der Waals surface area contributed by atoms with E-state index in [1.165, 1.54) is 0 Å². The van der Waals surface area contributed by atoms with E-state index in [0.717, 1.165) is 77.4 Å². The third-order valence-corrected chi connectivity index (χ3v) is 6.52. The number of ether oxygens (including phenoxy) is 1. The normalized spacial score (nSPS) is 16.2. The van der Waals surface area contributed by atoms with Gasteiger partial charge in [0.05, 0.1) is 23.4 Å². The molecule has 5 rings (SSSR count). The van der Waals surface area contributed by atoms with Crippen LogP contribution in [0.15, 0.2) is 29.1 Å². The molecule has 2 aliphatic rings. The van der Waals surface area contributed by atoms with Gasteiger partial charge in [-0.2, -0.15) is 0 Å². The second kappa shape index (κ2) is 7.94. The van der Waals surface area contributed by atoms with E-state index < -0.39 is 5.91 Å². The van der Waals surface area contributed by atoms with Crippen LogP contribution in [-0.4, -0.2) is 53.6 Å². The van der Waals surface area contributed by atoms with Crippen LogP contribution < -0.4 is 20.9 Å². The molecule has 0 bridgehead atoms. The first-order chi connectivity index (χ1) is 15.4. The number of fused-ring (bicyclic) bond motifs is 3. The summed E-state index contributed by atoms with van der Waals surface area (Å²) in [5, 5.41) is 0.965. The molecular formula is C24H27N5O3. The quantitative estimate of drug-likeness (QED) is 0.651. The van der Waals surface area contributed by atoms with Crippen LogP contribution in [0, 0.1) is 13.8 Å². The number of aryl methyl sites for hydroxylation is 2. The lowest BCUT2D eigenvalue weighted by Gasteiger charge is -2.36. The van der Waals surface area contributed by atoms with Gasteiger partial charge in [-0.15, -0.1) is 0 Å². The van der Waals surface area contributed by atoms with Gasteiger partial charge in [-0.3, -0.25) is 14.5 Å². The fraction of sp³-hybridized carbons (Fsp3) is 0.375. The molecule has 8 heteroatoms. The van der Waals surface area contributed by atoms with Gasteiger partial charge < -0.3 is 20.4 Å². The van der Waals surface area contributed by atoms with Gasteiger partial charge in [-0.05, 0) is 43.2 Å². The average molecular weight is 434 g/mol. The second-order valence-corrected chi connectivity index (χ2v) is 8.63. The predicted octanol–water partition coefficient (Wildman–Crippen LogP) is 1.90. The Kier molecular flexibility index (Phi) is 5.09. The number of nitrogens with zero attached hydrogens (tertiary/aromatic N) is 3. The number of carbonyl (C=O) groups is 1. The SMILES string of the molecule is Cc1cc(N2CCN(Cc3ccc4c5c(c(=O)[nH]c4c3)CCO5)CC2)c(C(N)=O)nc1C. The van der Waals surface area contributed by atoms with Crippen molar-refractivity contribution in [2.45, 2.75) is 26.8 Å². The number of aromatic amines is 1. The first-order valence-corrected chi connectivity index (χ1v) is 11.0. The van der Waals surface area contributed by atoms with Crippen molar-refractivity contribution in [3.63, 3.8) is 0 Å². The van der Waals surface area contributed by atoms with Gasteiger partial charge >= 0.3 is 0 Å². The highest BCUT2D eigenvalue weighted by Gasteiger charge is 2.23. The molecule has 1 fully saturated rings. The van der Waals surface area contributed by atoms with Crippen LogP contribution in [0.5, 0.6) is 5.75 Å². The molecule has 3 N–H and O–H groups in total. The fourth-order valence-electron chi connectivity index (χ4n) is 4.62. The van der Waals surface area contributed by atoms with E-state index >= 15 is 0 Å². The van der Waals surface area contributed by atoms with Crippen LogP contribution in [0.2, 0.25) is 0 Å². The summed E-state index contributed by atoms with van der Waals surface area (Å²) in [6, 6.07) is 8.20. The standard InChI is InChI=1S/C24H27N5O3/c1-14-11-20(21(23(25)30)26-15(14)2)29-8-6-28(7-9-29)13-16-3-4-17-19(12-16)27-24(31)18-5-10-32-22(17)18/h3-4,11-12H,5-10,13H2,1-2H3,(H2,25,30)(H,27,31). The Morgan fingerprint density at radius 2 is 1.97 bits per heavy atom. The molecule has 1 aromatic carbocycles. The fourth-order valence-corrected chi connectivity index (χ4v) is 4.62. The molecule has 4 heterocycles. The highest BCUT2D eigenvalue weighted by atomic mass is 16.5. The number of H-pyrrole nitrogens is 1. The maximum absolute atomic E-state index is 12.3. The zero-order valence-electron chi connectivity index (χ0n) is 18.4. The zero-order valence-corrected chi connectivity index (χ0v) is 18.4. The summed E-state index contributed by atoms with van der Waals surface area (Å²) in [5.41, 5.74) is 11.3. The minimum Gasteiger partial charge on any atom is -0.492 e. The average Bonchev–Trinajstić information content (AvgIpc) is 3.27. The molecule has 1 saturated heterocycles. The molecule has 2 aromatic heterocycles. The smallest absolute Gasteiger partial charge is 0.269 e. The maximum atomic E-state index is 12.3. The number of piperazine rings is 1. The van der Waals surface area contributed by atoms with Gasteiger partial charge in [0.2, 0.25) is 0 Å². The number of pyridine rings is 2. The van der Waals surface area contributed by atoms with Crippen LogP contribution in [0.1, 0.15) is 32.9 Å². The Hall–Kier alpha value is -3.39. The number of benzene rings is 1. The number of anilines is 1. The molecular weight excluding hydrogens is 406 g/mol. The third kappa shape index (κ3) is 3.60. The van der Waals surface area contributed by atoms with Crippen molar-refractivity contribution in [3.05, 3.63) is 62.7 Å². The van der Waals surface area contributed by atoms with Gasteiger partial charge in [-0.1, -0.05) is 6.07 Å². The lowest BCUT2D eigenvalue weighted by atomic mass is 10.1. The number of nitrogens with two attached hydrogens (primary N) is 1.